The maximum atomic E-state index is 12.8. The number of methoxy groups -OCH3 is 1. The third-order valence-electron chi connectivity index (χ3n) is 3.68. The van der Waals surface area contributed by atoms with Crippen molar-refractivity contribution in [3.8, 4) is 0 Å². The molecule has 0 saturated heterocycles. The van der Waals surface area contributed by atoms with Crippen molar-refractivity contribution in [3.05, 3.63) is 35.4 Å². The second-order valence-electron chi connectivity index (χ2n) is 5.54. The van der Waals surface area contributed by atoms with E-state index in [0.717, 1.165) is 12.0 Å². The number of rotatable bonds is 9. The van der Waals surface area contributed by atoms with Gasteiger partial charge in [0.2, 0.25) is 0 Å². The Kier molecular flexibility index (Phi) is 8.33. The molecule has 0 fully saturated rings. The molecule has 1 amide bonds. The molecule has 1 atom stereocenters. The largest absolute Gasteiger partial charge is 0.469 e. The lowest BCUT2D eigenvalue weighted by atomic mass is 10.1. The van der Waals surface area contributed by atoms with Gasteiger partial charge in [-0.3, -0.25) is 9.59 Å². The van der Waals surface area contributed by atoms with E-state index >= 15 is 0 Å². The molecular weight excluding hydrogens is 294 g/mol. The highest BCUT2D eigenvalue weighted by Crippen LogP contribution is 2.13. The van der Waals surface area contributed by atoms with Crippen LogP contribution in [0.5, 0.6) is 0 Å². The maximum absolute atomic E-state index is 12.8. The zero-order valence-electron chi connectivity index (χ0n) is 14.5. The van der Waals surface area contributed by atoms with Crippen LogP contribution in [0, 0.1) is 12.8 Å². The average Bonchev–Trinajstić information content (AvgIpc) is 2.56. The molecule has 1 rings (SSSR count). The topological polar surface area (TPSA) is 55.8 Å². The number of hydrogen-bond donors (Lipinski definition) is 0. The van der Waals surface area contributed by atoms with Gasteiger partial charge in [-0.25, -0.2) is 0 Å². The second-order valence-corrected chi connectivity index (χ2v) is 5.54. The molecule has 128 valence electrons. The Morgan fingerprint density at radius 2 is 1.96 bits per heavy atom. The zero-order valence-corrected chi connectivity index (χ0v) is 14.5. The molecule has 0 radical (unpaired) electrons. The van der Waals surface area contributed by atoms with Gasteiger partial charge in [-0.2, -0.15) is 0 Å². The summed E-state index contributed by atoms with van der Waals surface area (Å²) in [5.41, 5.74) is 1.60. The molecule has 1 aromatic rings. The molecule has 0 aliphatic rings. The third kappa shape index (κ3) is 6.02. The van der Waals surface area contributed by atoms with Gasteiger partial charge in [-0.1, -0.05) is 25.1 Å². The number of hydrogen-bond acceptors (Lipinski definition) is 4. The molecule has 1 aromatic carbocycles. The highest BCUT2D eigenvalue weighted by molar-refractivity contribution is 5.95. The van der Waals surface area contributed by atoms with E-state index in [1.807, 2.05) is 38.1 Å². The van der Waals surface area contributed by atoms with Crippen LogP contribution in [0.15, 0.2) is 24.3 Å². The van der Waals surface area contributed by atoms with Crippen LogP contribution in [0.25, 0.3) is 0 Å². The van der Waals surface area contributed by atoms with Crippen molar-refractivity contribution in [2.45, 2.75) is 27.2 Å². The van der Waals surface area contributed by atoms with Gasteiger partial charge in [0.25, 0.3) is 5.91 Å². The Balaban J connectivity index is 2.82. The summed E-state index contributed by atoms with van der Waals surface area (Å²) in [5, 5.41) is 0. The number of benzene rings is 1. The van der Waals surface area contributed by atoms with E-state index in [1.54, 1.807) is 11.8 Å². The molecule has 0 aromatic heterocycles. The fraction of sp³-hybridized carbons (Fsp3) is 0.556. The van der Waals surface area contributed by atoms with Crippen LogP contribution in [0.4, 0.5) is 0 Å². The van der Waals surface area contributed by atoms with Gasteiger partial charge >= 0.3 is 5.97 Å². The molecule has 5 nitrogen and oxygen atoms in total. The van der Waals surface area contributed by atoms with E-state index < -0.39 is 0 Å². The van der Waals surface area contributed by atoms with Crippen LogP contribution >= 0.6 is 0 Å². The Hall–Kier alpha value is -1.88. The van der Waals surface area contributed by atoms with E-state index in [2.05, 4.69) is 0 Å². The highest BCUT2D eigenvalue weighted by Gasteiger charge is 2.23. The van der Waals surface area contributed by atoms with Gasteiger partial charge in [0, 0.05) is 31.9 Å². The van der Waals surface area contributed by atoms with Crippen molar-refractivity contribution in [3.63, 3.8) is 0 Å². The first-order valence-electron chi connectivity index (χ1n) is 8.01. The number of esters is 1. The summed E-state index contributed by atoms with van der Waals surface area (Å²) >= 11 is 0. The molecule has 0 saturated carbocycles. The van der Waals surface area contributed by atoms with Crippen molar-refractivity contribution in [1.82, 2.24) is 4.90 Å². The third-order valence-corrected chi connectivity index (χ3v) is 3.68. The van der Waals surface area contributed by atoms with Gasteiger partial charge < -0.3 is 14.4 Å². The van der Waals surface area contributed by atoms with Crippen LogP contribution in [0.3, 0.4) is 0 Å². The lowest BCUT2D eigenvalue weighted by Gasteiger charge is -2.26. The average molecular weight is 321 g/mol. The SMILES string of the molecule is CCOCCCN(CC(C)C(=O)OC)C(=O)c1ccccc1C. The van der Waals surface area contributed by atoms with Gasteiger partial charge in [-0.05, 0) is 31.9 Å². The molecule has 23 heavy (non-hydrogen) atoms. The van der Waals surface area contributed by atoms with Crippen LogP contribution in [0.1, 0.15) is 36.2 Å². The first-order chi connectivity index (χ1) is 11.0. The summed E-state index contributed by atoms with van der Waals surface area (Å²) in [5.74, 6) is -0.729. The van der Waals surface area contributed by atoms with Crippen LogP contribution in [0.2, 0.25) is 0 Å². The van der Waals surface area contributed by atoms with E-state index in [-0.39, 0.29) is 17.8 Å². The quantitative estimate of drug-likeness (QED) is 0.518. The van der Waals surface area contributed by atoms with Gasteiger partial charge in [-0.15, -0.1) is 0 Å². The summed E-state index contributed by atoms with van der Waals surface area (Å²) in [7, 11) is 1.36. The van der Waals surface area contributed by atoms with Crippen molar-refractivity contribution >= 4 is 11.9 Å². The standard InChI is InChI=1S/C18H27NO4/c1-5-23-12-8-11-19(13-15(3)18(21)22-4)17(20)16-10-7-6-9-14(16)2/h6-7,9-10,15H,5,8,11-13H2,1-4H3. The first-order valence-corrected chi connectivity index (χ1v) is 8.01. The Morgan fingerprint density at radius 1 is 1.26 bits per heavy atom. The lowest BCUT2D eigenvalue weighted by Crippen LogP contribution is -2.38. The summed E-state index contributed by atoms with van der Waals surface area (Å²) < 4.78 is 10.1. The first kappa shape index (κ1) is 19.2. The molecule has 0 bridgehead atoms. The Labute approximate surface area is 138 Å². The summed E-state index contributed by atoms with van der Waals surface area (Å²) in [6, 6.07) is 7.48. The number of ether oxygens (including phenoxy) is 2. The van der Waals surface area contributed by atoms with E-state index in [9.17, 15) is 9.59 Å². The molecule has 0 N–H and O–H groups in total. The fourth-order valence-electron chi connectivity index (χ4n) is 2.37. The van der Waals surface area contributed by atoms with Crippen LogP contribution in [-0.4, -0.2) is 50.2 Å². The number of carbonyl (C=O) groups is 2. The van der Waals surface area contributed by atoms with Gasteiger partial charge in [0.05, 0.1) is 13.0 Å². The molecule has 5 heteroatoms. The number of nitrogens with zero attached hydrogens (tertiary/aromatic N) is 1. The van der Waals surface area contributed by atoms with Crippen molar-refractivity contribution in [2.75, 3.05) is 33.4 Å². The lowest BCUT2D eigenvalue weighted by molar-refractivity contribution is -0.145. The monoisotopic (exact) mass is 321 g/mol. The minimum Gasteiger partial charge on any atom is -0.469 e. The maximum Gasteiger partial charge on any atom is 0.310 e. The fourth-order valence-corrected chi connectivity index (χ4v) is 2.37. The minimum atomic E-state index is -0.361. The minimum absolute atomic E-state index is 0.0599. The summed E-state index contributed by atoms with van der Waals surface area (Å²) in [6.07, 6.45) is 0.735. The van der Waals surface area contributed by atoms with Crippen LogP contribution in [-0.2, 0) is 14.3 Å². The predicted octanol–water partition coefficient (Wildman–Crippen LogP) is 2.67. The summed E-state index contributed by atoms with van der Waals surface area (Å²) in [6.45, 7) is 7.77. The zero-order chi connectivity index (χ0) is 17.2. The van der Waals surface area contributed by atoms with Crippen molar-refractivity contribution in [2.24, 2.45) is 5.92 Å². The molecule has 0 heterocycles. The van der Waals surface area contributed by atoms with Crippen molar-refractivity contribution in [1.29, 1.82) is 0 Å². The molecular formula is C18H27NO4. The predicted molar refractivity (Wildman–Crippen MR) is 89.4 cm³/mol. The Bertz CT molecular complexity index is 515. The molecule has 0 aliphatic heterocycles. The number of aryl methyl sites for hydroxylation is 1. The normalized spacial score (nSPS) is 11.8. The number of amides is 1. The van der Waals surface area contributed by atoms with E-state index in [1.165, 1.54) is 7.11 Å². The van der Waals surface area contributed by atoms with Gasteiger partial charge in [0.15, 0.2) is 0 Å². The second kappa shape index (κ2) is 10.0. The molecule has 0 aliphatic carbocycles. The highest BCUT2D eigenvalue weighted by atomic mass is 16.5. The molecule has 0 spiro atoms. The molecule has 1 unspecified atom stereocenters. The van der Waals surface area contributed by atoms with Gasteiger partial charge in [0.1, 0.15) is 0 Å². The van der Waals surface area contributed by atoms with Crippen molar-refractivity contribution < 1.29 is 19.1 Å². The number of carbonyl (C=O) groups excluding carboxylic acids is 2. The Morgan fingerprint density at radius 3 is 2.57 bits per heavy atom. The van der Waals surface area contributed by atoms with E-state index in [4.69, 9.17) is 9.47 Å². The summed E-state index contributed by atoms with van der Waals surface area (Å²) in [4.78, 5) is 26.2. The smallest absolute Gasteiger partial charge is 0.310 e. The van der Waals surface area contributed by atoms with Crippen LogP contribution < -0.4 is 0 Å². The van der Waals surface area contributed by atoms with E-state index in [0.29, 0.717) is 31.9 Å².